The van der Waals surface area contributed by atoms with Gasteiger partial charge in [-0.1, -0.05) is 37.3 Å². The van der Waals surface area contributed by atoms with E-state index in [2.05, 4.69) is 10.3 Å². The Bertz CT molecular complexity index is 996. The predicted octanol–water partition coefficient (Wildman–Crippen LogP) is 3.51. The minimum Gasteiger partial charge on any atom is -0.494 e. The van der Waals surface area contributed by atoms with Gasteiger partial charge in [-0.15, -0.1) is 0 Å². The Hall–Kier alpha value is -3.41. The highest BCUT2D eigenvalue weighted by molar-refractivity contribution is 5.90. The number of aromatic nitrogens is 2. The summed E-state index contributed by atoms with van der Waals surface area (Å²) in [6, 6.07) is 18.0. The smallest absolute Gasteiger partial charge is 0.254 e. The summed E-state index contributed by atoms with van der Waals surface area (Å²) in [4.78, 5) is 29.8. The van der Waals surface area contributed by atoms with Gasteiger partial charge in [-0.05, 0) is 37.6 Å². The van der Waals surface area contributed by atoms with Crippen molar-refractivity contribution in [3.05, 3.63) is 76.7 Å². The second-order valence-electron chi connectivity index (χ2n) is 6.22. The standard InChI is InChI=1S/C22H23N3O3/c1-3-17-14-21(27)25(22(24-17)16-8-6-5-7-9-16)15-20(26)23-18-10-12-19(13-11-18)28-4-2/h5-14H,3-4,15H2,1-2H3,(H,23,26). The van der Waals surface area contributed by atoms with Crippen LogP contribution in [-0.4, -0.2) is 22.1 Å². The number of rotatable bonds is 7. The van der Waals surface area contributed by atoms with Crippen LogP contribution in [0.25, 0.3) is 11.4 Å². The lowest BCUT2D eigenvalue weighted by atomic mass is 10.2. The summed E-state index contributed by atoms with van der Waals surface area (Å²) in [7, 11) is 0. The number of amides is 1. The molecule has 0 saturated heterocycles. The van der Waals surface area contributed by atoms with Gasteiger partial charge in [-0.2, -0.15) is 0 Å². The van der Waals surface area contributed by atoms with Crippen LogP contribution in [0.2, 0.25) is 0 Å². The van der Waals surface area contributed by atoms with Crippen LogP contribution in [0.3, 0.4) is 0 Å². The molecular formula is C22H23N3O3. The largest absolute Gasteiger partial charge is 0.494 e. The third kappa shape index (κ3) is 4.65. The fourth-order valence-electron chi connectivity index (χ4n) is 2.84. The maximum Gasteiger partial charge on any atom is 0.254 e. The average molecular weight is 377 g/mol. The van der Waals surface area contributed by atoms with E-state index < -0.39 is 0 Å². The van der Waals surface area contributed by atoms with Crippen LogP contribution in [0.1, 0.15) is 19.5 Å². The van der Waals surface area contributed by atoms with E-state index in [-0.39, 0.29) is 18.0 Å². The molecule has 1 aromatic heterocycles. The molecule has 0 aliphatic heterocycles. The van der Waals surface area contributed by atoms with E-state index in [0.29, 0.717) is 30.2 Å². The first-order valence-electron chi connectivity index (χ1n) is 9.29. The molecule has 0 bridgehead atoms. The van der Waals surface area contributed by atoms with Gasteiger partial charge in [0.15, 0.2) is 0 Å². The van der Waals surface area contributed by atoms with Crippen LogP contribution in [-0.2, 0) is 17.8 Å². The maximum absolute atomic E-state index is 12.6. The van der Waals surface area contributed by atoms with Crippen molar-refractivity contribution in [2.45, 2.75) is 26.8 Å². The number of nitrogens with zero attached hydrogens (tertiary/aromatic N) is 2. The van der Waals surface area contributed by atoms with Crippen molar-refractivity contribution in [3.63, 3.8) is 0 Å². The molecule has 0 unspecified atom stereocenters. The number of benzene rings is 2. The Labute approximate surface area is 163 Å². The quantitative estimate of drug-likeness (QED) is 0.684. The molecule has 0 spiro atoms. The Balaban J connectivity index is 1.85. The lowest BCUT2D eigenvalue weighted by Crippen LogP contribution is -2.30. The number of hydrogen-bond donors (Lipinski definition) is 1. The first-order chi connectivity index (χ1) is 13.6. The summed E-state index contributed by atoms with van der Waals surface area (Å²) in [6.45, 7) is 4.32. The third-order valence-electron chi connectivity index (χ3n) is 4.21. The van der Waals surface area contributed by atoms with Crippen molar-refractivity contribution in [1.82, 2.24) is 9.55 Å². The molecule has 0 aliphatic carbocycles. The second-order valence-corrected chi connectivity index (χ2v) is 6.22. The SMILES string of the molecule is CCOc1ccc(NC(=O)Cn2c(-c3ccccc3)nc(CC)cc2=O)cc1. The number of hydrogen-bond acceptors (Lipinski definition) is 4. The summed E-state index contributed by atoms with van der Waals surface area (Å²) in [5.41, 5.74) is 1.89. The van der Waals surface area contributed by atoms with Gasteiger partial charge in [0, 0.05) is 23.0 Å². The van der Waals surface area contributed by atoms with Gasteiger partial charge in [-0.25, -0.2) is 4.98 Å². The van der Waals surface area contributed by atoms with Crippen molar-refractivity contribution in [3.8, 4) is 17.1 Å². The van der Waals surface area contributed by atoms with Crippen LogP contribution in [0.15, 0.2) is 65.5 Å². The lowest BCUT2D eigenvalue weighted by Gasteiger charge is -2.14. The average Bonchev–Trinajstić information content (AvgIpc) is 2.71. The third-order valence-corrected chi connectivity index (χ3v) is 4.21. The summed E-state index contributed by atoms with van der Waals surface area (Å²) < 4.78 is 6.80. The molecule has 0 aliphatic rings. The second kappa shape index (κ2) is 8.99. The van der Waals surface area contributed by atoms with Gasteiger partial charge in [0.1, 0.15) is 18.1 Å². The molecule has 3 rings (SSSR count). The maximum atomic E-state index is 12.6. The van der Waals surface area contributed by atoms with E-state index in [1.54, 1.807) is 24.3 Å². The predicted molar refractivity (Wildman–Crippen MR) is 110 cm³/mol. The molecular weight excluding hydrogens is 354 g/mol. The minimum atomic E-state index is -0.297. The molecule has 0 radical (unpaired) electrons. The van der Waals surface area contributed by atoms with E-state index >= 15 is 0 Å². The fraction of sp³-hybridized carbons (Fsp3) is 0.227. The van der Waals surface area contributed by atoms with Gasteiger partial charge in [0.2, 0.25) is 5.91 Å². The Morgan fingerprint density at radius 2 is 1.79 bits per heavy atom. The van der Waals surface area contributed by atoms with Crippen molar-refractivity contribution >= 4 is 11.6 Å². The lowest BCUT2D eigenvalue weighted by molar-refractivity contribution is -0.116. The van der Waals surface area contributed by atoms with E-state index in [1.165, 1.54) is 10.6 Å². The van der Waals surface area contributed by atoms with Crippen LogP contribution in [0.4, 0.5) is 5.69 Å². The Morgan fingerprint density at radius 3 is 2.43 bits per heavy atom. The van der Waals surface area contributed by atoms with Gasteiger partial charge in [0.25, 0.3) is 5.56 Å². The normalized spacial score (nSPS) is 10.5. The van der Waals surface area contributed by atoms with E-state index in [0.717, 1.165) is 11.3 Å². The number of anilines is 1. The van der Waals surface area contributed by atoms with E-state index in [9.17, 15) is 9.59 Å². The Morgan fingerprint density at radius 1 is 1.07 bits per heavy atom. The zero-order valence-electron chi connectivity index (χ0n) is 16.0. The number of aryl methyl sites for hydroxylation is 1. The molecule has 2 aromatic carbocycles. The van der Waals surface area contributed by atoms with Crippen LogP contribution in [0.5, 0.6) is 5.75 Å². The van der Waals surface area contributed by atoms with Crippen LogP contribution >= 0.6 is 0 Å². The van der Waals surface area contributed by atoms with Gasteiger partial charge in [-0.3, -0.25) is 14.2 Å². The molecule has 28 heavy (non-hydrogen) atoms. The van der Waals surface area contributed by atoms with E-state index in [1.807, 2.05) is 44.2 Å². The number of nitrogens with one attached hydrogen (secondary N) is 1. The highest BCUT2D eigenvalue weighted by Gasteiger charge is 2.14. The summed E-state index contributed by atoms with van der Waals surface area (Å²) in [6.07, 6.45) is 0.647. The highest BCUT2D eigenvalue weighted by Crippen LogP contribution is 2.17. The fourth-order valence-corrected chi connectivity index (χ4v) is 2.84. The topological polar surface area (TPSA) is 73.2 Å². The van der Waals surface area contributed by atoms with Crippen molar-refractivity contribution in [1.29, 1.82) is 0 Å². The van der Waals surface area contributed by atoms with Crippen molar-refractivity contribution < 1.29 is 9.53 Å². The van der Waals surface area contributed by atoms with E-state index in [4.69, 9.17) is 4.74 Å². The molecule has 0 fully saturated rings. The number of carbonyl (C=O) groups is 1. The highest BCUT2D eigenvalue weighted by atomic mass is 16.5. The zero-order chi connectivity index (χ0) is 19.9. The monoisotopic (exact) mass is 377 g/mol. The van der Waals surface area contributed by atoms with Crippen molar-refractivity contribution in [2.24, 2.45) is 0 Å². The molecule has 1 N–H and O–H groups in total. The molecule has 6 heteroatoms. The number of ether oxygens (including phenoxy) is 1. The first-order valence-corrected chi connectivity index (χ1v) is 9.29. The minimum absolute atomic E-state index is 0.118. The molecule has 1 amide bonds. The zero-order valence-corrected chi connectivity index (χ0v) is 16.0. The Kier molecular flexibility index (Phi) is 6.22. The molecule has 0 saturated carbocycles. The van der Waals surface area contributed by atoms with Crippen LogP contribution < -0.4 is 15.6 Å². The summed E-state index contributed by atoms with van der Waals surface area (Å²) in [5, 5.41) is 2.81. The molecule has 6 nitrogen and oxygen atoms in total. The van der Waals surface area contributed by atoms with Crippen molar-refractivity contribution in [2.75, 3.05) is 11.9 Å². The molecule has 3 aromatic rings. The van der Waals surface area contributed by atoms with Gasteiger partial charge in [0.05, 0.1) is 6.61 Å². The van der Waals surface area contributed by atoms with Gasteiger partial charge >= 0.3 is 0 Å². The summed E-state index contributed by atoms with van der Waals surface area (Å²) in [5.74, 6) is 0.934. The number of carbonyl (C=O) groups excluding carboxylic acids is 1. The first kappa shape index (κ1) is 19.4. The molecule has 144 valence electrons. The van der Waals surface area contributed by atoms with Crippen LogP contribution in [0, 0.1) is 0 Å². The molecule has 0 atom stereocenters. The summed E-state index contributed by atoms with van der Waals surface area (Å²) >= 11 is 0. The molecule has 1 heterocycles. The van der Waals surface area contributed by atoms with Gasteiger partial charge < -0.3 is 10.1 Å².